The molecule has 0 amide bonds. The molecule has 0 spiro atoms. The Balaban J connectivity index is 2.12. The molecule has 0 atom stereocenters. The van der Waals surface area contributed by atoms with Gasteiger partial charge in [0.1, 0.15) is 5.76 Å². The number of hydrogen-bond donors (Lipinski definition) is 1. The quantitative estimate of drug-likeness (QED) is 0.825. The van der Waals surface area contributed by atoms with Gasteiger partial charge in [-0.15, -0.1) is 11.8 Å². The highest BCUT2D eigenvalue weighted by Gasteiger charge is 2.09. The molecule has 1 heterocycles. The van der Waals surface area contributed by atoms with Crippen molar-refractivity contribution in [2.75, 3.05) is 0 Å². The summed E-state index contributed by atoms with van der Waals surface area (Å²) >= 11 is 1.42. The number of rotatable bonds is 4. The molecule has 82 valence electrons. The summed E-state index contributed by atoms with van der Waals surface area (Å²) in [4.78, 5) is 11.7. The average molecular weight is 235 g/mol. The molecule has 0 fully saturated rings. The van der Waals surface area contributed by atoms with Crippen LogP contribution in [0.15, 0.2) is 45.9 Å². The number of hydrogen-bond acceptors (Lipinski definition) is 4. The van der Waals surface area contributed by atoms with Gasteiger partial charge in [-0.25, -0.2) is 4.79 Å². The molecular weight excluding hydrogens is 226 g/mol. The topological polar surface area (TPSA) is 63.3 Å². The molecule has 2 aromatic rings. The van der Waals surface area contributed by atoms with Crippen molar-refractivity contribution in [3.05, 3.63) is 47.9 Å². The van der Waals surface area contributed by atoms with E-state index in [9.17, 15) is 4.79 Å². The predicted molar refractivity (Wildman–Crippen MR) is 59.5 cm³/mol. The molecule has 1 aromatic heterocycles. The lowest BCUT2D eigenvalue weighted by Crippen LogP contribution is -1.98. The Morgan fingerprint density at radius 3 is 2.88 bits per heavy atom. The monoisotopic (exact) mass is 235 g/mol. The Morgan fingerprint density at radius 2 is 2.19 bits per heavy atom. The maximum Gasteiger partial charge on any atom is 0.336 e. The van der Waals surface area contributed by atoms with Crippen LogP contribution >= 0.6 is 11.8 Å². The van der Waals surface area contributed by atoms with Crippen molar-refractivity contribution >= 4 is 17.7 Å². The zero-order valence-electron chi connectivity index (χ0n) is 8.29. The molecule has 0 saturated heterocycles. The molecule has 1 N–H and O–H groups in total. The number of carbonyl (C=O) groups is 1. The molecule has 0 aliphatic rings. The maximum atomic E-state index is 10.9. The van der Waals surface area contributed by atoms with Crippen LogP contribution in [0.25, 0.3) is 0 Å². The van der Waals surface area contributed by atoms with E-state index in [0.717, 1.165) is 10.7 Å². The minimum atomic E-state index is -0.916. The summed E-state index contributed by atoms with van der Waals surface area (Å²) in [7, 11) is 0. The Bertz CT molecular complexity index is 482. The lowest BCUT2D eigenvalue weighted by Gasteiger charge is -2.03. The molecule has 16 heavy (non-hydrogen) atoms. The van der Waals surface area contributed by atoms with E-state index < -0.39 is 5.97 Å². The summed E-state index contributed by atoms with van der Waals surface area (Å²) in [6.45, 7) is 0. The highest BCUT2D eigenvalue weighted by molar-refractivity contribution is 7.98. The molecule has 5 heteroatoms. The molecule has 0 radical (unpaired) electrons. The number of carboxylic acid groups (broad SMARTS) is 1. The Morgan fingerprint density at radius 1 is 1.38 bits per heavy atom. The fourth-order valence-electron chi connectivity index (χ4n) is 1.23. The zero-order valence-corrected chi connectivity index (χ0v) is 9.11. The first-order chi connectivity index (χ1) is 7.77. The van der Waals surface area contributed by atoms with E-state index in [1.807, 2.05) is 6.07 Å². The molecule has 0 saturated carbocycles. The number of carboxylic acids is 1. The summed E-state index contributed by atoms with van der Waals surface area (Å²) in [5.74, 6) is 0.385. The van der Waals surface area contributed by atoms with Crippen molar-refractivity contribution in [1.82, 2.24) is 5.16 Å². The Labute approximate surface area is 96.3 Å². The minimum Gasteiger partial charge on any atom is -0.478 e. The van der Waals surface area contributed by atoms with Gasteiger partial charge in [0, 0.05) is 11.0 Å². The predicted octanol–water partition coefficient (Wildman–Crippen LogP) is 2.67. The molecule has 0 bridgehead atoms. The van der Waals surface area contributed by atoms with E-state index in [1.165, 1.54) is 11.8 Å². The van der Waals surface area contributed by atoms with Crippen LogP contribution in [0.1, 0.15) is 16.1 Å². The van der Waals surface area contributed by atoms with Gasteiger partial charge in [-0.05, 0) is 12.1 Å². The van der Waals surface area contributed by atoms with Gasteiger partial charge in [0.25, 0.3) is 0 Å². The van der Waals surface area contributed by atoms with Crippen LogP contribution in [0.5, 0.6) is 0 Å². The van der Waals surface area contributed by atoms with Gasteiger partial charge >= 0.3 is 5.97 Å². The van der Waals surface area contributed by atoms with Crippen LogP contribution in [0.3, 0.4) is 0 Å². The number of nitrogens with zero attached hydrogens (tertiary/aromatic N) is 1. The van der Waals surface area contributed by atoms with E-state index in [4.69, 9.17) is 9.63 Å². The van der Waals surface area contributed by atoms with Crippen molar-refractivity contribution in [2.24, 2.45) is 0 Å². The van der Waals surface area contributed by atoms with Crippen molar-refractivity contribution in [1.29, 1.82) is 0 Å². The lowest BCUT2D eigenvalue weighted by molar-refractivity contribution is 0.0693. The van der Waals surface area contributed by atoms with Crippen molar-refractivity contribution in [3.63, 3.8) is 0 Å². The standard InChI is InChI=1S/C11H9NO3S/c13-11(14)9-3-1-2-4-10(9)16-7-8-5-6-12-15-8/h1-6H,7H2,(H,13,14). The highest BCUT2D eigenvalue weighted by atomic mass is 32.2. The van der Waals surface area contributed by atoms with E-state index in [2.05, 4.69) is 5.16 Å². The molecule has 0 aliphatic heterocycles. The first-order valence-electron chi connectivity index (χ1n) is 4.62. The lowest BCUT2D eigenvalue weighted by atomic mass is 10.2. The molecule has 2 rings (SSSR count). The largest absolute Gasteiger partial charge is 0.478 e. The second-order valence-corrected chi connectivity index (χ2v) is 4.09. The molecule has 4 nitrogen and oxygen atoms in total. The van der Waals surface area contributed by atoms with Crippen molar-refractivity contribution in [2.45, 2.75) is 10.6 Å². The van der Waals surface area contributed by atoms with Crippen molar-refractivity contribution < 1.29 is 14.4 Å². The minimum absolute atomic E-state index is 0.312. The van der Waals surface area contributed by atoms with E-state index >= 15 is 0 Å². The van der Waals surface area contributed by atoms with Crippen LogP contribution in [0.4, 0.5) is 0 Å². The number of thioether (sulfide) groups is 1. The second-order valence-electron chi connectivity index (χ2n) is 3.07. The van der Waals surface area contributed by atoms with Crippen LogP contribution in [0, 0.1) is 0 Å². The first-order valence-corrected chi connectivity index (χ1v) is 5.60. The summed E-state index contributed by atoms with van der Waals surface area (Å²) < 4.78 is 4.94. The van der Waals surface area contributed by atoms with Gasteiger partial charge in [0.05, 0.1) is 17.5 Å². The Kier molecular flexibility index (Phi) is 3.26. The zero-order chi connectivity index (χ0) is 11.4. The highest BCUT2D eigenvalue weighted by Crippen LogP contribution is 2.25. The third-order valence-corrected chi connectivity index (χ3v) is 3.07. The van der Waals surface area contributed by atoms with Crippen LogP contribution in [0.2, 0.25) is 0 Å². The third kappa shape index (κ3) is 2.43. The first kappa shape index (κ1) is 10.8. The smallest absolute Gasteiger partial charge is 0.336 e. The maximum absolute atomic E-state index is 10.9. The van der Waals surface area contributed by atoms with Gasteiger partial charge < -0.3 is 9.63 Å². The van der Waals surface area contributed by atoms with Gasteiger partial charge in [0.15, 0.2) is 0 Å². The molecule has 1 aromatic carbocycles. The van der Waals surface area contributed by atoms with Crippen LogP contribution in [-0.4, -0.2) is 16.2 Å². The normalized spacial score (nSPS) is 10.2. The summed E-state index contributed by atoms with van der Waals surface area (Å²) in [6.07, 6.45) is 1.57. The van der Waals surface area contributed by atoms with E-state index in [1.54, 1.807) is 30.5 Å². The second kappa shape index (κ2) is 4.85. The van der Waals surface area contributed by atoms with Gasteiger partial charge in [0.2, 0.25) is 0 Å². The molecular formula is C11H9NO3S. The molecule has 0 unspecified atom stereocenters. The van der Waals surface area contributed by atoms with E-state index in [-0.39, 0.29) is 0 Å². The van der Waals surface area contributed by atoms with E-state index in [0.29, 0.717) is 11.3 Å². The Hall–Kier alpha value is -1.75. The number of aromatic nitrogens is 1. The van der Waals surface area contributed by atoms with Gasteiger partial charge in [-0.3, -0.25) is 0 Å². The fourth-order valence-corrected chi connectivity index (χ4v) is 2.17. The molecule has 0 aliphatic carbocycles. The van der Waals surface area contributed by atoms with Crippen molar-refractivity contribution in [3.8, 4) is 0 Å². The SMILES string of the molecule is O=C(O)c1ccccc1SCc1ccno1. The third-order valence-electron chi connectivity index (χ3n) is 1.98. The summed E-state index contributed by atoms with van der Waals surface area (Å²) in [6, 6.07) is 8.66. The van der Waals surface area contributed by atoms with Crippen LogP contribution in [-0.2, 0) is 5.75 Å². The summed E-state index contributed by atoms with van der Waals surface area (Å²) in [5, 5.41) is 12.6. The van der Waals surface area contributed by atoms with Gasteiger partial charge in [-0.1, -0.05) is 17.3 Å². The number of aromatic carboxylic acids is 1. The fraction of sp³-hybridized carbons (Fsp3) is 0.0909. The van der Waals surface area contributed by atoms with Gasteiger partial charge in [-0.2, -0.15) is 0 Å². The average Bonchev–Trinajstić information content (AvgIpc) is 2.79. The number of benzene rings is 1. The van der Waals surface area contributed by atoms with Crippen LogP contribution < -0.4 is 0 Å². The summed E-state index contributed by atoms with van der Waals surface area (Å²) in [5.41, 5.74) is 0.312.